The van der Waals surface area contributed by atoms with Gasteiger partial charge in [0.1, 0.15) is 6.04 Å². The number of nitrogens with zero attached hydrogens (tertiary/aromatic N) is 1. The molecule has 0 aromatic heterocycles. The average Bonchev–Trinajstić information content (AvgIpc) is 2.43. The Labute approximate surface area is 123 Å². The highest BCUT2D eigenvalue weighted by molar-refractivity contribution is 8.13. The lowest BCUT2D eigenvalue weighted by atomic mass is 10.0. The normalized spacial score (nSPS) is 12.8. The molecule has 1 aromatic carbocycles. The molecule has 0 aliphatic rings. The molecule has 0 heterocycles. The average molecular weight is 293 g/mol. The summed E-state index contributed by atoms with van der Waals surface area (Å²) in [5, 5.41) is 12.5. The van der Waals surface area contributed by atoms with Gasteiger partial charge in [-0.2, -0.15) is 0 Å². The van der Waals surface area contributed by atoms with Crippen LogP contribution in [0.3, 0.4) is 0 Å². The van der Waals surface area contributed by atoms with Gasteiger partial charge >= 0.3 is 5.97 Å². The molecule has 0 amide bonds. The van der Waals surface area contributed by atoms with Crippen LogP contribution in [0.15, 0.2) is 42.0 Å². The van der Waals surface area contributed by atoms with Crippen molar-refractivity contribution in [3.8, 4) is 0 Å². The number of carbonyl (C=O) groups is 1. The second kappa shape index (κ2) is 8.39. The predicted octanol–water partition coefficient (Wildman–Crippen LogP) is 1.59. The lowest BCUT2D eigenvalue weighted by Gasteiger charge is -2.09. The van der Waals surface area contributed by atoms with Crippen molar-refractivity contribution in [1.82, 2.24) is 5.32 Å². The van der Waals surface area contributed by atoms with Gasteiger partial charge < -0.3 is 16.2 Å². The molecule has 0 aliphatic heterocycles. The number of carboxylic acids is 1. The summed E-state index contributed by atoms with van der Waals surface area (Å²) in [5.41, 5.74) is 7.55. The van der Waals surface area contributed by atoms with Gasteiger partial charge in [-0.25, -0.2) is 0 Å². The Morgan fingerprint density at radius 2 is 2.30 bits per heavy atom. The largest absolute Gasteiger partial charge is 0.480 e. The van der Waals surface area contributed by atoms with Gasteiger partial charge in [-0.1, -0.05) is 42.6 Å². The molecule has 4 N–H and O–H groups in total. The SMILES string of the molecule is C=CNC(=NC)SCc1cccc(CC(N)C(=O)O)c1. The van der Waals surface area contributed by atoms with Gasteiger partial charge in [-0.05, 0) is 23.7 Å². The van der Waals surface area contributed by atoms with Crippen molar-refractivity contribution in [3.05, 3.63) is 48.2 Å². The number of rotatable bonds is 6. The Kier molecular flexibility index (Phi) is 6.83. The first-order valence-electron chi connectivity index (χ1n) is 6.10. The fourth-order valence-corrected chi connectivity index (χ4v) is 2.38. The van der Waals surface area contributed by atoms with Gasteiger partial charge in [0.2, 0.25) is 0 Å². The minimum atomic E-state index is -0.986. The number of thioether (sulfide) groups is 1. The topological polar surface area (TPSA) is 87.7 Å². The van der Waals surface area contributed by atoms with E-state index in [2.05, 4.69) is 16.9 Å². The van der Waals surface area contributed by atoms with E-state index in [1.807, 2.05) is 24.3 Å². The number of benzene rings is 1. The molecule has 0 spiro atoms. The zero-order valence-corrected chi connectivity index (χ0v) is 12.2. The number of aliphatic carboxylic acids is 1. The van der Waals surface area contributed by atoms with Crippen LogP contribution in [0.2, 0.25) is 0 Å². The zero-order valence-electron chi connectivity index (χ0n) is 11.4. The van der Waals surface area contributed by atoms with Crippen LogP contribution in [0.1, 0.15) is 11.1 Å². The Bertz CT molecular complexity index is 503. The molecule has 0 fully saturated rings. The minimum Gasteiger partial charge on any atom is -0.480 e. The van der Waals surface area contributed by atoms with Crippen LogP contribution in [0.25, 0.3) is 0 Å². The van der Waals surface area contributed by atoms with E-state index >= 15 is 0 Å². The van der Waals surface area contributed by atoms with Crippen LogP contribution in [0, 0.1) is 0 Å². The number of hydrogen-bond acceptors (Lipinski definition) is 4. The first-order valence-corrected chi connectivity index (χ1v) is 7.08. The molecule has 1 aromatic rings. The van der Waals surface area contributed by atoms with Gasteiger partial charge in [0, 0.05) is 12.8 Å². The fraction of sp³-hybridized carbons (Fsp3) is 0.286. The molecule has 0 saturated carbocycles. The van der Waals surface area contributed by atoms with E-state index in [0.29, 0.717) is 6.42 Å². The van der Waals surface area contributed by atoms with Crippen LogP contribution in [0.4, 0.5) is 0 Å². The molecule has 0 aliphatic carbocycles. The maximum Gasteiger partial charge on any atom is 0.320 e. The summed E-state index contributed by atoms with van der Waals surface area (Å²) in [6.07, 6.45) is 1.91. The molecule has 0 bridgehead atoms. The van der Waals surface area contributed by atoms with Crippen molar-refractivity contribution >= 4 is 22.9 Å². The van der Waals surface area contributed by atoms with Crippen LogP contribution >= 0.6 is 11.8 Å². The summed E-state index contributed by atoms with van der Waals surface area (Å²) in [7, 11) is 1.71. The number of amidine groups is 1. The highest BCUT2D eigenvalue weighted by atomic mass is 32.2. The van der Waals surface area contributed by atoms with Crippen LogP contribution < -0.4 is 11.1 Å². The summed E-state index contributed by atoms with van der Waals surface area (Å²) in [6, 6.07) is 6.88. The highest BCUT2D eigenvalue weighted by Gasteiger charge is 2.12. The van der Waals surface area contributed by atoms with E-state index in [0.717, 1.165) is 22.0 Å². The molecule has 6 heteroatoms. The second-order valence-corrected chi connectivity index (χ2v) is 5.10. The third-order valence-corrected chi connectivity index (χ3v) is 3.62. The lowest BCUT2D eigenvalue weighted by Crippen LogP contribution is -2.32. The zero-order chi connectivity index (χ0) is 15.0. The Morgan fingerprint density at radius 3 is 2.90 bits per heavy atom. The van der Waals surface area contributed by atoms with E-state index in [9.17, 15) is 4.79 Å². The number of nitrogens with one attached hydrogen (secondary N) is 1. The van der Waals surface area contributed by atoms with Crippen molar-refractivity contribution in [1.29, 1.82) is 0 Å². The van der Waals surface area contributed by atoms with E-state index in [-0.39, 0.29) is 0 Å². The Balaban J connectivity index is 2.64. The van der Waals surface area contributed by atoms with E-state index in [1.54, 1.807) is 25.0 Å². The quantitative estimate of drug-likeness (QED) is 0.547. The predicted molar refractivity (Wildman–Crippen MR) is 83.7 cm³/mol. The summed E-state index contributed by atoms with van der Waals surface area (Å²) in [4.78, 5) is 14.8. The van der Waals surface area contributed by atoms with E-state index < -0.39 is 12.0 Å². The molecule has 1 rings (SSSR count). The molecule has 0 saturated heterocycles. The first-order chi connectivity index (χ1) is 9.56. The standard InChI is InChI=1S/C14H19N3O2S/c1-3-17-14(16-2)20-9-11-6-4-5-10(7-11)8-12(15)13(18)19/h3-7,12H,1,8-9,15H2,2H3,(H,16,17)(H,18,19). The minimum absolute atomic E-state index is 0.327. The van der Waals surface area contributed by atoms with Gasteiger partial charge in [-0.3, -0.25) is 9.79 Å². The van der Waals surface area contributed by atoms with Crippen molar-refractivity contribution in [2.45, 2.75) is 18.2 Å². The van der Waals surface area contributed by atoms with Crippen LogP contribution in [-0.4, -0.2) is 29.3 Å². The molecule has 0 radical (unpaired) electrons. The lowest BCUT2D eigenvalue weighted by molar-refractivity contribution is -0.138. The van der Waals surface area contributed by atoms with Crippen LogP contribution in [-0.2, 0) is 17.0 Å². The van der Waals surface area contributed by atoms with Gasteiger partial charge in [0.05, 0.1) is 0 Å². The molecule has 5 nitrogen and oxygen atoms in total. The van der Waals surface area contributed by atoms with E-state index in [1.165, 1.54) is 0 Å². The number of aliphatic imine (C=N–C) groups is 1. The molecule has 20 heavy (non-hydrogen) atoms. The van der Waals surface area contributed by atoms with Crippen LogP contribution in [0.5, 0.6) is 0 Å². The number of carboxylic acid groups (broad SMARTS) is 1. The van der Waals surface area contributed by atoms with E-state index in [4.69, 9.17) is 10.8 Å². The summed E-state index contributed by atoms with van der Waals surface area (Å²) >= 11 is 1.55. The molecule has 1 atom stereocenters. The third kappa shape index (κ3) is 5.46. The number of hydrogen-bond donors (Lipinski definition) is 3. The van der Waals surface area contributed by atoms with Crippen molar-refractivity contribution in [2.24, 2.45) is 10.7 Å². The Morgan fingerprint density at radius 1 is 1.60 bits per heavy atom. The molecule has 108 valence electrons. The number of nitrogens with two attached hydrogens (primary N) is 1. The van der Waals surface area contributed by atoms with Crippen molar-refractivity contribution < 1.29 is 9.90 Å². The van der Waals surface area contributed by atoms with Gasteiger partial charge in [0.15, 0.2) is 5.17 Å². The molecular weight excluding hydrogens is 274 g/mol. The smallest absolute Gasteiger partial charge is 0.320 e. The molecular formula is C14H19N3O2S. The maximum absolute atomic E-state index is 10.8. The third-order valence-electron chi connectivity index (χ3n) is 2.57. The van der Waals surface area contributed by atoms with Gasteiger partial charge in [-0.15, -0.1) is 0 Å². The maximum atomic E-state index is 10.8. The fourth-order valence-electron chi connectivity index (χ4n) is 1.60. The Hall–Kier alpha value is -1.79. The highest BCUT2D eigenvalue weighted by Crippen LogP contribution is 2.15. The molecule has 1 unspecified atom stereocenters. The van der Waals surface area contributed by atoms with Gasteiger partial charge in [0.25, 0.3) is 0 Å². The summed E-state index contributed by atoms with van der Waals surface area (Å²) in [5.74, 6) is -0.246. The summed E-state index contributed by atoms with van der Waals surface area (Å²) in [6.45, 7) is 3.59. The second-order valence-electron chi connectivity index (χ2n) is 4.13. The summed E-state index contributed by atoms with van der Waals surface area (Å²) < 4.78 is 0. The first kappa shape index (κ1) is 16.3. The monoisotopic (exact) mass is 293 g/mol. The van der Waals surface area contributed by atoms with Crippen molar-refractivity contribution in [3.63, 3.8) is 0 Å². The van der Waals surface area contributed by atoms with Crippen molar-refractivity contribution in [2.75, 3.05) is 7.05 Å².